The minimum Gasteiger partial charge on any atom is -0.512 e. The molecule has 3 heteroatoms. The average Bonchev–Trinajstić information content (AvgIpc) is 1.82. The van der Waals surface area contributed by atoms with Gasteiger partial charge in [0.1, 0.15) is 5.76 Å². The molecule has 0 saturated heterocycles. The summed E-state index contributed by atoms with van der Waals surface area (Å²) in [5, 5.41) is 9.56. The van der Waals surface area contributed by atoms with Gasteiger partial charge in [0, 0.05) is 54.6 Å². The molecule has 0 saturated carbocycles. The molecule has 0 fully saturated rings. The third-order valence-corrected chi connectivity index (χ3v) is 1.78. The maximum atomic E-state index is 11.5. The van der Waals surface area contributed by atoms with Crippen molar-refractivity contribution in [3.05, 3.63) is 11.8 Å². The van der Waals surface area contributed by atoms with E-state index in [-0.39, 0.29) is 54.7 Å². The standard InChI is InChI=1S/C11H20O2.Ho/c1-10(2,3)8(12)7-9(13)11(4,5)6;/h7,12H,1-6H3;/b8-7-;. The molecule has 0 amide bonds. The van der Waals surface area contributed by atoms with Crippen molar-refractivity contribution >= 4 is 5.78 Å². The van der Waals surface area contributed by atoms with Gasteiger partial charge in [0.15, 0.2) is 5.78 Å². The quantitative estimate of drug-likeness (QED) is 0.449. The zero-order valence-electron chi connectivity index (χ0n) is 9.73. The first-order valence-corrected chi connectivity index (χ1v) is 4.51. The van der Waals surface area contributed by atoms with E-state index >= 15 is 0 Å². The summed E-state index contributed by atoms with van der Waals surface area (Å²) in [4.78, 5) is 11.5. The number of ketones is 1. The number of hydrogen-bond donors (Lipinski definition) is 1. The maximum Gasteiger partial charge on any atom is 0.164 e. The second-order valence-electron chi connectivity index (χ2n) is 5.39. The molecule has 0 aromatic carbocycles. The molecule has 0 aliphatic rings. The van der Waals surface area contributed by atoms with Crippen molar-refractivity contribution in [1.29, 1.82) is 0 Å². The van der Waals surface area contributed by atoms with Gasteiger partial charge in [-0.2, -0.15) is 0 Å². The molecule has 0 heterocycles. The Morgan fingerprint density at radius 1 is 1.00 bits per heavy atom. The van der Waals surface area contributed by atoms with Gasteiger partial charge in [0.25, 0.3) is 0 Å². The summed E-state index contributed by atoms with van der Waals surface area (Å²) in [6.07, 6.45) is 1.33. The zero-order chi connectivity index (χ0) is 10.9. The van der Waals surface area contributed by atoms with Gasteiger partial charge in [-0.25, -0.2) is 0 Å². The molecule has 0 unspecified atom stereocenters. The van der Waals surface area contributed by atoms with Crippen LogP contribution in [0.4, 0.5) is 0 Å². The fourth-order valence-corrected chi connectivity index (χ4v) is 0.557. The number of carbonyl (C=O) groups is 1. The third-order valence-electron chi connectivity index (χ3n) is 1.78. The van der Waals surface area contributed by atoms with Gasteiger partial charge in [-0.3, -0.25) is 4.79 Å². The van der Waals surface area contributed by atoms with E-state index in [1.165, 1.54) is 6.08 Å². The maximum absolute atomic E-state index is 11.5. The van der Waals surface area contributed by atoms with E-state index in [1.54, 1.807) is 0 Å². The summed E-state index contributed by atoms with van der Waals surface area (Å²) in [6.45, 7) is 11.1. The normalized spacial score (nSPS) is 13.4. The molecule has 0 atom stereocenters. The van der Waals surface area contributed by atoms with Crippen LogP contribution >= 0.6 is 0 Å². The van der Waals surface area contributed by atoms with Crippen LogP contribution in [0.2, 0.25) is 0 Å². The summed E-state index contributed by atoms with van der Waals surface area (Å²) >= 11 is 0. The molecule has 0 aliphatic carbocycles. The molecular formula is C11H20HoO2. The molecule has 0 aliphatic heterocycles. The Balaban J connectivity index is 0. The molecule has 0 bridgehead atoms. The Kier molecular flexibility index (Phi) is 6.66. The molecule has 1 radical (unpaired) electrons. The van der Waals surface area contributed by atoms with Gasteiger partial charge < -0.3 is 5.11 Å². The molecule has 14 heavy (non-hydrogen) atoms. The molecular weight excluding hydrogens is 329 g/mol. The minimum atomic E-state index is -0.417. The topological polar surface area (TPSA) is 37.3 Å². The van der Waals surface area contributed by atoms with Crippen LogP contribution in [0.25, 0.3) is 0 Å². The first kappa shape index (κ1) is 16.9. The van der Waals surface area contributed by atoms with Crippen molar-refractivity contribution in [2.45, 2.75) is 41.5 Å². The van der Waals surface area contributed by atoms with Crippen LogP contribution in [-0.4, -0.2) is 10.9 Å². The summed E-state index contributed by atoms with van der Waals surface area (Å²) < 4.78 is 0. The van der Waals surface area contributed by atoms with Crippen molar-refractivity contribution < 1.29 is 47.6 Å². The second-order valence-corrected chi connectivity index (χ2v) is 5.39. The molecule has 2 nitrogen and oxygen atoms in total. The fourth-order valence-electron chi connectivity index (χ4n) is 0.557. The number of allylic oxidation sites excluding steroid dienone is 2. The molecule has 87 valence electrons. The second kappa shape index (κ2) is 5.53. The third kappa shape index (κ3) is 6.05. The van der Waals surface area contributed by atoms with Crippen molar-refractivity contribution in [2.24, 2.45) is 10.8 Å². The Hall–Kier alpha value is 0.470. The molecule has 0 aromatic heterocycles. The van der Waals surface area contributed by atoms with Crippen LogP contribution in [0, 0.1) is 48.6 Å². The minimum absolute atomic E-state index is 0. The van der Waals surface area contributed by atoms with Crippen molar-refractivity contribution in [2.75, 3.05) is 0 Å². The first-order valence-electron chi connectivity index (χ1n) is 4.51. The van der Waals surface area contributed by atoms with Crippen LogP contribution in [-0.2, 0) is 4.79 Å². The Morgan fingerprint density at radius 3 is 1.57 bits per heavy atom. The van der Waals surface area contributed by atoms with Crippen molar-refractivity contribution in [1.82, 2.24) is 0 Å². The molecule has 0 spiro atoms. The number of rotatable bonds is 1. The van der Waals surface area contributed by atoms with Gasteiger partial charge >= 0.3 is 0 Å². The average molecular weight is 349 g/mol. The van der Waals surface area contributed by atoms with E-state index in [0.29, 0.717) is 0 Å². The van der Waals surface area contributed by atoms with Gasteiger partial charge in [-0.1, -0.05) is 41.5 Å². The molecule has 0 rings (SSSR count). The largest absolute Gasteiger partial charge is 0.512 e. The first-order chi connectivity index (χ1) is 5.55. The van der Waals surface area contributed by atoms with E-state index in [4.69, 9.17) is 0 Å². The monoisotopic (exact) mass is 349 g/mol. The number of aliphatic hydroxyl groups excluding tert-OH is 1. The van der Waals surface area contributed by atoms with Gasteiger partial charge in [-0.15, -0.1) is 0 Å². The van der Waals surface area contributed by atoms with Gasteiger partial charge in [0.05, 0.1) is 0 Å². The van der Waals surface area contributed by atoms with Crippen molar-refractivity contribution in [3.63, 3.8) is 0 Å². The Labute approximate surface area is 117 Å². The molecule has 1 N–H and O–H groups in total. The fraction of sp³-hybridized carbons (Fsp3) is 0.727. The van der Waals surface area contributed by atoms with E-state index < -0.39 is 5.41 Å². The summed E-state index contributed by atoms with van der Waals surface area (Å²) in [5.74, 6) is 0.104. The van der Waals surface area contributed by atoms with E-state index in [1.807, 2.05) is 41.5 Å². The number of aliphatic hydroxyl groups is 1. The van der Waals surface area contributed by atoms with Gasteiger partial charge in [-0.05, 0) is 0 Å². The predicted molar refractivity (Wildman–Crippen MR) is 54.6 cm³/mol. The number of carbonyl (C=O) groups excluding carboxylic acids is 1. The Morgan fingerprint density at radius 2 is 1.36 bits per heavy atom. The smallest absolute Gasteiger partial charge is 0.164 e. The summed E-state index contributed by atoms with van der Waals surface area (Å²) in [5.41, 5.74) is -0.764. The van der Waals surface area contributed by atoms with Crippen molar-refractivity contribution in [3.8, 4) is 0 Å². The number of hydrogen-bond acceptors (Lipinski definition) is 2. The van der Waals surface area contributed by atoms with Crippen LogP contribution in [0.5, 0.6) is 0 Å². The molecule has 0 aromatic rings. The summed E-state index contributed by atoms with van der Waals surface area (Å²) in [6, 6.07) is 0. The SMILES string of the molecule is CC(C)(C)C(=O)/C=C(\O)C(C)(C)C.[Ho]. The van der Waals surface area contributed by atoms with Crippen LogP contribution in [0.15, 0.2) is 11.8 Å². The van der Waals surface area contributed by atoms with Gasteiger partial charge in [0.2, 0.25) is 0 Å². The Bertz CT molecular complexity index is 229. The van der Waals surface area contributed by atoms with E-state index in [0.717, 1.165) is 0 Å². The van der Waals surface area contributed by atoms with Crippen LogP contribution < -0.4 is 0 Å². The van der Waals surface area contributed by atoms with E-state index in [2.05, 4.69) is 0 Å². The van der Waals surface area contributed by atoms with Crippen LogP contribution in [0.1, 0.15) is 41.5 Å². The van der Waals surface area contributed by atoms with E-state index in [9.17, 15) is 9.90 Å². The van der Waals surface area contributed by atoms with Crippen LogP contribution in [0.3, 0.4) is 0 Å². The summed E-state index contributed by atoms with van der Waals surface area (Å²) in [7, 11) is 0. The predicted octanol–water partition coefficient (Wildman–Crippen LogP) is 3.09. The zero-order valence-corrected chi connectivity index (χ0v) is 11.7.